The summed E-state index contributed by atoms with van der Waals surface area (Å²) < 4.78 is 3.65. The van der Waals surface area contributed by atoms with Gasteiger partial charge in [-0.2, -0.15) is 5.10 Å². The zero-order chi connectivity index (χ0) is 17.3. The van der Waals surface area contributed by atoms with Crippen molar-refractivity contribution in [2.45, 2.75) is 33.9 Å². The molecule has 2 aromatic rings. The lowest BCUT2D eigenvalue weighted by Crippen LogP contribution is -2.42. The van der Waals surface area contributed by atoms with Gasteiger partial charge in [-0.25, -0.2) is 4.79 Å². The van der Waals surface area contributed by atoms with E-state index in [0.717, 1.165) is 4.57 Å². The fraction of sp³-hybridized carbons (Fsp3) is 0.500. The minimum atomic E-state index is -0.888. The van der Waals surface area contributed by atoms with Crippen LogP contribution in [-0.4, -0.2) is 23.8 Å². The van der Waals surface area contributed by atoms with Crippen molar-refractivity contribution in [3.63, 3.8) is 0 Å². The third-order valence-electron chi connectivity index (χ3n) is 3.43. The monoisotopic (exact) mass is 321 g/mol. The van der Waals surface area contributed by atoms with E-state index in [9.17, 15) is 19.7 Å². The predicted molar refractivity (Wildman–Crippen MR) is 84.3 cm³/mol. The Morgan fingerprint density at radius 1 is 1.30 bits per heavy atom. The van der Waals surface area contributed by atoms with Gasteiger partial charge in [0.2, 0.25) is 0 Å². The van der Waals surface area contributed by atoms with Crippen LogP contribution in [0.25, 0.3) is 11.3 Å². The molecule has 0 atom stereocenters. The molecule has 2 heterocycles. The zero-order valence-corrected chi connectivity index (χ0v) is 13.5. The molecule has 0 saturated heterocycles. The van der Waals surface area contributed by atoms with E-state index < -0.39 is 21.9 Å². The number of hydrogen-bond donors (Lipinski definition) is 0. The van der Waals surface area contributed by atoms with E-state index in [1.54, 1.807) is 20.2 Å². The van der Waals surface area contributed by atoms with Crippen LogP contribution in [0.1, 0.15) is 20.8 Å². The summed E-state index contributed by atoms with van der Waals surface area (Å²) in [4.78, 5) is 35.8. The minimum Gasteiger partial charge on any atom is -0.287 e. The summed E-state index contributed by atoms with van der Waals surface area (Å²) in [5.41, 5.74) is -1.65. The maximum absolute atomic E-state index is 12.6. The van der Waals surface area contributed by atoms with Crippen molar-refractivity contribution in [3.05, 3.63) is 43.3 Å². The molecule has 0 N–H and O–H groups in total. The van der Waals surface area contributed by atoms with Crippen molar-refractivity contribution < 1.29 is 4.92 Å². The molecular weight excluding hydrogens is 302 g/mol. The molecule has 23 heavy (non-hydrogen) atoms. The summed E-state index contributed by atoms with van der Waals surface area (Å²) >= 11 is 0. The van der Waals surface area contributed by atoms with E-state index in [1.807, 2.05) is 13.8 Å². The van der Waals surface area contributed by atoms with Crippen LogP contribution in [0, 0.1) is 16.0 Å². The SMILES string of the molecule is CCn1c(=O)c([N+](=O)[O-])c(-c2cnn(C)c2)n(CC(C)C)c1=O. The fourth-order valence-corrected chi connectivity index (χ4v) is 2.50. The van der Waals surface area contributed by atoms with Gasteiger partial charge in [-0.05, 0) is 12.8 Å². The molecule has 124 valence electrons. The molecule has 0 radical (unpaired) electrons. The van der Waals surface area contributed by atoms with Gasteiger partial charge in [0.1, 0.15) is 5.69 Å². The smallest absolute Gasteiger partial charge is 0.287 e. The molecule has 0 aliphatic heterocycles. The van der Waals surface area contributed by atoms with E-state index in [4.69, 9.17) is 0 Å². The van der Waals surface area contributed by atoms with Gasteiger partial charge in [-0.15, -0.1) is 0 Å². The molecule has 9 heteroatoms. The van der Waals surface area contributed by atoms with Crippen molar-refractivity contribution in [3.8, 4) is 11.3 Å². The molecule has 0 aliphatic rings. The Balaban J connectivity index is 2.98. The maximum Gasteiger partial charge on any atom is 0.358 e. The number of aromatic nitrogens is 4. The lowest BCUT2D eigenvalue weighted by atomic mass is 10.1. The fourth-order valence-electron chi connectivity index (χ4n) is 2.50. The van der Waals surface area contributed by atoms with Gasteiger partial charge in [0.25, 0.3) is 0 Å². The van der Waals surface area contributed by atoms with E-state index in [1.165, 1.54) is 15.4 Å². The highest BCUT2D eigenvalue weighted by atomic mass is 16.6. The number of nitrogens with zero attached hydrogens (tertiary/aromatic N) is 5. The van der Waals surface area contributed by atoms with Gasteiger partial charge in [0.05, 0.1) is 11.1 Å². The number of nitro groups is 1. The Morgan fingerprint density at radius 2 is 1.96 bits per heavy atom. The van der Waals surface area contributed by atoms with Crippen LogP contribution < -0.4 is 11.2 Å². The second kappa shape index (κ2) is 6.19. The first-order valence-corrected chi connectivity index (χ1v) is 7.28. The average molecular weight is 321 g/mol. The predicted octanol–water partition coefficient (Wildman–Crippen LogP) is 0.995. The molecule has 0 spiro atoms. The highest BCUT2D eigenvalue weighted by Gasteiger charge is 2.29. The molecule has 0 saturated carbocycles. The molecular formula is C14H19N5O4. The van der Waals surface area contributed by atoms with Gasteiger partial charge in [0, 0.05) is 31.9 Å². The van der Waals surface area contributed by atoms with Gasteiger partial charge in [-0.1, -0.05) is 13.8 Å². The number of aryl methyl sites for hydroxylation is 1. The molecule has 0 bridgehead atoms. The van der Waals surface area contributed by atoms with Crippen LogP contribution in [-0.2, 0) is 20.1 Å². The van der Waals surface area contributed by atoms with Crippen LogP contribution >= 0.6 is 0 Å². The van der Waals surface area contributed by atoms with E-state index in [0.29, 0.717) is 5.56 Å². The molecule has 9 nitrogen and oxygen atoms in total. The van der Waals surface area contributed by atoms with Gasteiger partial charge >= 0.3 is 16.9 Å². The molecule has 2 rings (SSSR count). The average Bonchev–Trinajstić information content (AvgIpc) is 2.87. The summed E-state index contributed by atoms with van der Waals surface area (Å²) in [5.74, 6) is 0.0746. The van der Waals surface area contributed by atoms with Gasteiger partial charge in [0.15, 0.2) is 0 Å². The van der Waals surface area contributed by atoms with Gasteiger partial charge in [-0.3, -0.25) is 28.7 Å². The Morgan fingerprint density at radius 3 is 2.39 bits per heavy atom. The topological polar surface area (TPSA) is 105 Å². The summed E-state index contributed by atoms with van der Waals surface area (Å²) in [6.07, 6.45) is 2.96. The quantitative estimate of drug-likeness (QED) is 0.603. The summed E-state index contributed by atoms with van der Waals surface area (Å²) in [5, 5.41) is 15.5. The Kier molecular flexibility index (Phi) is 4.48. The lowest BCUT2D eigenvalue weighted by molar-refractivity contribution is -0.386. The van der Waals surface area contributed by atoms with Crippen molar-refractivity contribution in [1.29, 1.82) is 0 Å². The molecule has 0 fully saturated rings. The van der Waals surface area contributed by atoms with Crippen LogP contribution in [0.4, 0.5) is 5.69 Å². The van der Waals surface area contributed by atoms with E-state index in [-0.39, 0.29) is 24.7 Å². The minimum absolute atomic E-state index is 0.0106. The van der Waals surface area contributed by atoms with Crippen molar-refractivity contribution in [2.75, 3.05) is 0 Å². The van der Waals surface area contributed by atoms with Crippen LogP contribution in [0.15, 0.2) is 22.0 Å². The van der Waals surface area contributed by atoms with Crippen molar-refractivity contribution in [1.82, 2.24) is 18.9 Å². The molecule has 2 aromatic heterocycles. The third kappa shape index (κ3) is 2.94. The van der Waals surface area contributed by atoms with Crippen LogP contribution in [0.5, 0.6) is 0 Å². The molecule has 0 aromatic carbocycles. The Labute approximate surface area is 131 Å². The van der Waals surface area contributed by atoms with Gasteiger partial charge < -0.3 is 0 Å². The second-order valence-corrected chi connectivity index (χ2v) is 5.69. The lowest BCUT2D eigenvalue weighted by Gasteiger charge is -2.16. The standard InChI is InChI=1S/C14H19N5O4/c1-5-17-13(20)12(19(22)23)11(10-6-15-16(4)8-10)18(14(17)21)7-9(2)3/h6,8-9H,5,7H2,1-4H3. The maximum atomic E-state index is 12.6. The summed E-state index contributed by atoms with van der Waals surface area (Å²) in [7, 11) is 1.66. The Hall–Kier alpha value is -2.71. The van der Waals surface area contributed by atoms with Crippen LogP contribution in [0.3, 0.4) is 0 Å². The largest absolute Gasteiger partial charge is 0.358 e. The normalized spacial score (nSPS) is 11.2. The molecule has 0 unspecified atom stereocenters. The highest BCUT2D eigenvalue weighted by molar-refractivity contribution is 5.68. The van der Waals surface area contributed by atoms with E-state index >= 15 is 0 Å². The first-order chi connectivity index (χ1) is 10.8. The van der Waals surface area contributed by atoms with Crippen molar-refractivity contribution in [2.24, 2.45) is 13.0 Å². The van der Waals surface area contributed by atoms with Crippen LogP contribution in [0.2, 0.25) is 0 Å². The third-order valence-corrected chi connectivity index (χ3v) is 3.43. The zero-order valence-electron chi connectivity index (χ0n) is 13.5. The number of rotatable bonds is 5. The number of hydrogen-bond acceptors (Lipinski definition) is 5. The highest BCUT2D eigenvalue weighted by Crippen LogP contribution is 2.25. The molecule has 0 aliphatic carbocycles. The Bertz CT molecular complexity index is 859. The molecule has 0 amide bonds. The first-order valence-electron chi connectivity index (χ1n) is 7.28. The van der Waals surface area contributed by atoms with Crippen molar-refractivity contribution >= 4 is 5.69 Å². The summed E-state index contributed by atoms with van der Waals surface area (Å²) in [6.45, 7) is 5.74. The second-order valence-electron chi connectivity index (χ2n) is 5.69. The van der Waals surface area contributed by atoms with E-state index in [2.05, 4.69) is 5.10 Å². The first kappa shape index (κ1) is 16.7. The summed E-state index contributed by atoms with van der Waals surface area (Å²) in [6, 6.07) is 0.